The van der Waals surface area contributed by atoms with E-state index < -0.39 is 25.5 Å². The van der Waals surface area contributed by atoms with Crippen molar-refractivity contribution in [3.63, 3.8) is 0 Å². The Morgan fingerprint density at radius 3 is 2.90 bits per heavy atom. The monoisotopic (exact) mass is 497 g/mol. The van der Waals surface area contributed by atoms with Gasteiger partial charge in [0.2, 0.25) is 5.88 Å². The molecule has 3 aromatic heterocycles. The molecular formula is C21H18BrF3N4O2. The normalized spacial score (nSPS) is 12.9. The van der Waals surface area contributed by atoms with E-state index in [0.717, 1.165) is 0 Å². The lowest BCUT2D eigenvalue weighted by Crippen LogP contribution is -2.19. The van der Waals surface area contributed by atoms with Gasteiger partial charge < -0.3 is 19.8 Å². The molecule has 1 amide bonds. The topological polar surface area (TPSA) is 67.7 Å². The lowest BCUT2D eigenvalue weighted by Gasteiger charge is -2.09. The average Bonchev–Trinajstić information content (AvgIpc) is 3.07. The van der Waals surface area contributed by atoms with Crippen LogP contribution in [0.1, 0.15) is 25.9 Å². The summed E-state index contributed by atoms with van der Waals surface area (Å²) in [5.74, 6) is 4.69. The number of alkyl halides is 3. The van der Waals surface area contributed by atoms with Crippen LogP contribution in [0.5, 0.6) is 5.88 Å². The predicted molar refractivity (Wildman–Crippen MR) is 114 cm³/mol. The standard InChI is InChI=1S/C21H18BrF3N4O2/c1-26-19(30)15-7-8-16(20(28-15)31-2)27-9-3-5-13-11-17-14(22)6-4-10-29(17)18(13)12-21(23,24)25/h4,6-8,10-11,27H,9,12H2,1-2H3,(H,26,30)/i1D3. The number of nitrogens with zero attached hydrogens (tertiary/aromatic N) is 2. The van der Waals surface area contributed by atoms with Gasteiger partial charge in [0.05, 0.1) is 31.3 Å². The molecule has 0 fully saturated rings. The largest absolute Gasteiger partial charge is 0.480 e. The third-order valence-electron chi connectivity index (χ3n) is 4.22. The Morgan fingerprint density at radius 2 is 2.19 bits per heavy atom. The van der Waals surface area contributed by atoms with Crippen molar-refractivity contribution in [1.29, 1.82) is 0 Å². The highest BCUT2D eigenvalue weighted by molar-refractivity contribution is 9.10. The minimum absolute atomic E-state index is 0.0243. The molecule has 3 aromatic rings. The lowest BCUT2D eigenvalue weighted by atomic mass is 10.2. The maximum Gasteiger partial charge on any atom is 0.394 e. The van der Waals surface area contributed by atoms with Crippen LogP contribution in [-0.2, 0) is 6.42 Å². The second-order valence-electron chi connectivity index (χ2n) is 6.27. The summed E-state index contributed by atoms with van der Waals surface area (Å²) in [5, 5.41) is 4.75. The quantitative estimate of drug-likeness (QED) is 0.522. The molecule has 0 saturated heterocycles. The Labute approximate surface area is 189 Å². The molecule has 0 aromatic carbocycles. The Balaban J connectivity index is 1.80. The minimum atomic E-state index is -4.40. The van der Waals surface area contributed by atoms with Gasteiger partial charge in [-0.25, -0.2) is 4.98 Å². The molecular weight excluding hydrogens is 477 g/mol. The molecule has 0 spiro atoms. The molecule has 0 aliphatic rings. The highest BCUT2D eigenvalue weighted by atomic mass is 79.9. The van der Waals surface area contributed by atoms with E-state index in [4.69, 9.17) is 8.85 Å². The average molecular weight is 498 g/mol. The van der Waals surface area contributed by atoms with Crippen molar-refractivity contribution < 1.29 is 26.8 Å². The van der Waals surface area contributed by atoms with Crippen molar-refractivity contribution >= 4 is 33.0 Å². The van der Waals surface area contributed by atoms with Crippen LogP contribution in [0.4, 0.5) is 18.9 Å². The molecule has 162 valence electrons. The minimum Gasteiger partial charge on any atom is -0.480 e. The SMILES string of the molecule is [2H]C([2H])([2H])NC(=O)c1ccc(NCC#Cc2cc3c(Br)cccn3c2CC(F)(F)F)c(OC)n1. The van der Waals surface area contributed by atoms with Gasteiger partial charge in [-0.15, -0.1) is 0 Å². The molecule has 10 heteroatoms. The van der Waals surface area contributed by atoms with Gasteiger partial charge in [0.1, 0.15) is 5.69 Å². The number of nitrogens with one attached hydrogen (secondary N) is 2. The number of aromatic nitrogens is 2. The molecule has 0 atom stereocenters. The first-order valence-electron chi connectivity index (χ1n) is 10.3. The number of ether oxygens (including phenoxy) is 1. The second-order valence-corrected chi connectivity index (χ2v) is 7.13. The van der Waals surface area contributed by atoms with Crippen molar-refractivity contribution in [3.8, 4) is 17.7 Å². The zero-order chi connectivity index (χ0) is 25.1. The Kier molecular flexibility index (Phi) is 5.57. The van der Waals surface area contributed by atoms with E-state index >= 15 is 0 Å². The summed E-state index contributed by atoms with van der Waals surface area (Å²) < 4.78 is 67.9. The van der Waals surface area contributed by atoms with Crippen LogP contribution in [0, 0.1) is 11.8 Å². The molecule has 2 N–H and O–H groups in total. The lowest BCUT2D eigenvalue weighted by molar-refractivity contribution is -0.128. The Bertz CT molecular complexity index is 1280. The van der Waals surface area contributed by atoms with Gasteiger partial charge in [0.25, 0.3) is 5.91 Å². The van der Waals surface area contributed by atoms with Crippen molar-refractivity contribution in [1.82, 2.24) is 14.7 Å². The Hall–Kier alpha value is -3.19. The van der Waals surface area contributed by atoms with Crippen LogP contribution >= 0.6 is 15.9 Å². The van der Waals surface area contributed by atoms with E-state index in [2.05, 4.69) is 38.1 Å². The fourth-order valence-corrected chi connectivity index (χ4v) is 3.35. The van der Waals surface area contributed by atoms with Gasteiger partial charge in [-0.1, -0.05) is 11.8 Å². The second kappa shape index (κ2) is 9.31. The van der Waals surface area contributed by atoms with Crippen molar-refractivity contribution in [2.75, 3.05) is 25.9 Å². The van der Waals surface area contributed by atoms with E-state index in [1.807, 2.05) is 5.32 Å². The first kappa shape index (κ1) is 18.6. The highest BCUT2D eigenvalue weighted by Gasteiger charge is 2.30. The molecule has 0 radical (unpaired) electrons. The predicted octanol–water partition coefficient (Wildman–Crippen LogP) is 4.03. The molecule has 0 aliphatic heterocycles. The van der Waals surface area contributed by atoms with Crippen molar-refractivity contribution in [2.45, 2.75) is 12.6 Å². The smallest absolute Gasteiger partial charge is 0.394 e. The maximum atomic E-state index is 13.1. The fraction of sp³-hybridized carbons (Fsp3) is 0.238. The van der Waals surface area contributed by atoms with Gasteiger partial charge in [-0.2, -0.15) is 13.2 Å². The number of methoxy groups -OCH3 is 1. The number of halogens is 4. The molecule has 0 bridgehead atoms. The first-order valence-corrected chi connectivity index (χ1v) is 9.63. The highest BCUT2D eigenvalue weighted by Crippen LogP contribution is 2.29. The first-order chi connectivity index (χ1) is 15.9. The van der Waals surface area contributed by atoms with Crippen LogP contribution in [0.2, 0.25) is 0 Å². The van der Waals surface area contributed by atoms with E-state index in [1.165, 1.54) is 23.6 Å². The molecule has 0 aliphatic carbocycles. The van der Waals surface area contributed by atoms with Crippen LogP contribution in [0.25, 0.3) is 5.52 Å². The zero-order valence-corrected chi connectivity index (χ0v) is 17.7. The molecule has 6 nitrogen and oxygen atoms in total. The molecule has 3 rings (SSSR count). The van der Waals surface area contributed by atoms with Crippen LogP contribution < -0.4 is 15.4 Å². The third kappa shape index (κ3) is 5.30. The summed E-state index contributed by atoms with van der Waals surface area (Å²) in [5.41, 5.74) is 1.04. The van der Waals surface area contributed by atoms with E-state index in [1.54, 1.807) is 24.4 Å². The molecule has 3 heterocycles. The van der Waals surface area contributed by atoms with Crippen molar-refractivity contribution in [3.05, 3.63) is 58.0 Å². The van der Waals surface area contributed by atoms with Crippen LogP contribution in [0.15, 0.2) is 41.0 Å². The third-order valence-corrected chi connectivity index (χ3v) is 4.89. The van der Waals surface area contributed by atoms with Gasteiger partial charge in [0, 0.05) is 33.0 Å². The van der Waals surface area contributed by atoms with Gasteiger partial charge in [-0.05, 0) is 46.3 Å². The number of hydrogen-bond donors (Lipinski definition) is 2. The number of rotatable bonds is 5. The van der Waals surface area contributed by atoms with Gasteiger partial charge in [0.15, 0.2) is 0 Å². The molecule has 31 heavy (non-hydrogen) atoms. The fourth-order valence-electron chi connectivity index (χ4n) is 2.90. The number of hydrogen-bond acceptors (Lipinski definition) is 4. The number of fused-ring (bicyclic) bond motifs is 1. The number of anilines is 1. The summed E-state index contributed by atoms with van der Waals surface area (Å²) in [4.78, 5) is 15.9. The van der Waals surface area contributed by atoms with Gasteiger partial charge in [-0.3, -0.25) is 4.79 Å². The Morgan fingerprint density at radius 1 is 1.39 bits per heavy atom. The summed E-state index contributed by atoms with van der Waals surface area (Å²) in [6.07, 6.45) is -3.99. The van der Waals surface area contributed by atoms with E-state index in [-0.39, 0.29) is 29.4 Å². The maximum absolute atomic E-state index is 13.1. The number of carbonyl (C=O) groups is 1. The van der Waals surface area contributed by atoms with Crippen LogP contribution in [0.3, 0.4) is 0 Å². The summed E-state index contributed by atoms with van der Waals surface area (Å²) >= 11 is 3.34. The summed E-state index contributed by atoms with van der Waals surface area (Å²) in [6.45, 7) is -2.62. The summed E-state index contributed by atoms with van der Waals surface area (Å²) in [7, 11) is 1.32. The summed E-state index contributed by atoms with van der Waals surface area (Å²) in [6, 6.07) is 7.71. The van der Waals surface area contributed by atoms with Crippen LogP contribution in [-0.4, -0.2) is 42.1 Å². The molecule has 0 saturated carbocycles. The van der Waals surface area contributed by atoms with Crippen molar-refractivity contribution in [2.24, 2.45) is 0 Å². The van der Waals surface area contributed by atoms with E-state index in [0.29, 0.717) is 15.7 Å². The number of pyridine rings is 2. The zero-order valence-electron chi connectivity index (χ0n) is 19.1. The van der Waals surface area contributed by atoms with E-state index in [9.17, 15) is 18.0 Å². The number of amides is 1. The molecule has 0 unspecified atom stereocenters. The van der Waals surface area contributed by atoms with Gasteiger partial charge >= 0.3 is 6.18 Å². The number of carbonyl (C=O) groups excluding carboxylic acids is 1.